The number of rotatable bonds is 7. The van der Waals surface area contributed by atoms with E-state index in [1.165, 1.54) is 5.56 Å². The lowest BCUT2D eigenvalue weighted by Gasteiger charge is -2.57. The molecule has 3 aromatic rings. The first-order chi connectivity index (χ1) is 20.1. The molecule has 0 saturated carbocycles. The number of piperazine rings is 1. The summed E-state index contributed by atoms with van der Waals surface area (Å²) >= 11 is 12.9. The summed E-state index contributed by atoms with van der Waals surface area (Å²) in [6.07, 6.45) is 1.70. The molecular weight excluding hydrogens is 567 g/mol. The Labute approximate surface area is 259 Å². The number of halogens is 2. The standard InChI is InChI=1S/C34H40Cl2N4O2/c1-23-17-24(2)19-27(18-23)33(42)40-16-15-38(3)34(31(41)21-37,28-9-10-29(35)30(36)20-28)32(40)26-11-13-39(14-12-26)22-25-7-5-4-6-8-25/h4-10,17-20,26,32H,11-16,21-22,37H2,1-3H3. The molecule has 2 aliphatic heterocycles. The molecule has 0 spiro atoms. The molecule has 2 aliphatic rings. The van der Waals surface area contributed by atoms with Gasteiger partial charge in [0.15, 0.2) is 5.78 Å². The first-order valence-electron chi connectivity index (χ1n) is 14.7. The molecule has 2 atom stereocenters. The van der Waals surface area contributed by atoms with Gasteiger partial charge in [-0.05, 0) is 88.1 Å². The van der Waals surface area contributed by atoms with Crippen molar-refractivity contribution in [3.63, 3.8) is 0 Å². The fraction of sp³-hybridized carbons (Fsp3) is 0.412. The number of carbonyl (C=O) groups excluding carboxylic acids is 2. The topological polar surface area (TPSA) is 69.9 Å². The highest BCUT2D eigenvalue weighted by atomic mass is 35.5. The van der Waals surface area contributed by atoms with Crippen molar-refractivity contribution in [2.24, 2.45) is 11.7 Å². The van der Waals surface area contributed by atoms with Crippen LogP contribution in [0.15, 0.2) is 66.7 Å². The van der Waals surface area contributed by atoms with E-state index in [0.29, 0.717) is 28.7 Å². The van der Waals surface area contributed by atoms with Crippen molar-refractivity contribution in [3.05, 3.63) is 105 Å². The molecule has 2 heterocycles. The lowest BCUT2D eigenvalue weighted by Crippen LogP contribution is -2.72. The number of aryl methyl sites for hydroxylation is 2. The van der Waals surface area contributed by atoms with Crippen LogP contribution < -0.4 is 5.73 Å². The third-order valence-electron chi connectivity index (χ3n) is 9.07. The minimum absolute atomic E-state index is 0.0547. The zero-order chi connectivity index (χ0) is 30.0. The fourth-order valence-electron chi connectivity index (χ4n) is 7.20. The number of Topliss-reactive ketones (excluding diaryl/α,β-unsaturated/α-hetero) is 1. The van der Waals surface area contributed by atoms with Gasteiger partial charge in [-0.1, -0.05) is 76.8 Å². The van der Waals surface area contributed by atoms with E-state index in [1.54, 1.807) is 12.1 Å². The highest BCUT2D eigenvalue weighted by Crippen LogP contribution is 2.45. The number of nitrogens with zero attached hydrogens (tertiary/aromatic N) is 3. The molecule has 222 valence electrons. The molecule has 1 amide bonds. The van der Waals surface area contributed by atoms with Gasteiger partial charge in [-0.3, -0.25) is 19.4 Å². The van der Waals surface area contributed by atoms with Gasteiger partial charge in [-0.15, -0.1) is 0 Å². The van der Waals surface area contributed by atoms with Crippen LogP contribution in [0.25, 0.3) is 0 Å². The van der Waals surface area contributed by atoms with E-state index >= 15 is 0 Å². The predicted octanol–water partition coefficient (Wildman–Crippen LogP) is 5.70. The molecule has 0 bridgehead atoms. The number of hydrogen-bond donors (Lipinski definition) is 1. The maximum atomic E-state index is 14.4. The Balaban J connectivity index is 1.59. The van der Waals surface area contributed by atoms with E-state index in [1.807, 2.05) is 50.1 Å². The van der Waals surface area contributed by atoms with Gasteiger partial charge in [-0.25, -0.2) is 0 Å². The van der Waals surface area contributed by atoms with Crippen LogP contribution in [-0.2, 0) is 16.9 Å². The van der Waals surface area contributed by atoms with E-state index in [0.717, 1.165) is 49.2 Å². The molecule has 0 radical (unpaired) electrons. The molecule has 0 aromatic heterocycles. The van der Waals surface area contributed by atoms with Crippen molar-refractivity contribution in [2.75, 3.05) is 39.8 Å². The third kappa shape index (κ3) is 5.88. The molecule has 2 saturated heterocycles. The van der Waals surface area contributed by atoms with Gasteiger partial charge in [0.1, 0.15) is 5.54 Å². The summed E-state index contributed by atoms with van der Waals surface area (Å²) in [7, 11) is 1.96. The zero-order valence-electron chi connectivity index (χ0n) is 24.7. The summed E-state index contributed by atoms with van der Waals surface area (Å²) in [6.45, 7) is 7.52. The van der Waals surface area contributed by atoms with Crippen molar-refractivity contribution in [1.29, 1.82) is 0 Å². The number of nitrogens with two attached hydrogens (primary N) is 1. The fourth-order valence-corrected chi connectivity index (χ4v) is 7.50. The van der Waals surface area contributed by atoms with E-state index in [9.17, 15) is 9.59 Å². The average Bonchev–Trinajstić information content (AvgIpc) is 2.98. The van der Waals surface area contributed by atoms with Crippen molar-refractivity contribution < 1.29 is 9.59 Å². The second-order valence-electron chi connectivity index (χ2n) is 11.9. The second kappa shape index (κ2) is 12.9. The van der Waals surface area contributed by atoms with Crippen molar-refractivity contribution in [1.82, 2.24) is 14.7 Å². The van der Waals surface area contributed by atoms with Crippen LogP contribution in [0.1, 0.15) is 45.5 Å². The summed E-state index contributed by atoms with van der Waals surface area (Å²) in [4.78, 5) is 35.2. The van der Waals surface area contributed by atoms with Gasteiger partial charge in [0.25, 0.3) is 5.91 Å². The summed E-state index contributed by atoms with van der Waals surface area (Å²) in [5.74, 6) is -0.113. The van der Waals surface area contributed by atoms with Crippen LogP contribution in [0, 0.1) is 19.8 Å². The van der Waals surface area contributed by atoms with Gasteiger partial charge < -0.3 is 10.6 Å². The normalized spacial score (nSPS) is 22.3. The monoisotopic (exact) mass is 606 g/mol. The van der Waals surface area contributed by atoms with Crippen LogP contribution in [0.3, 0.4) is 0 Å². The van der Waals surface area contributed by atoms with E-state index < -0.39 is 11.6 Å². The Kier molecular flexibility index (Phi) is 9.41. The molecule has 5 rings (SSSR count). The summed E-state index contributed by atoms with van der Waals surface area (Å²) in [6, 6.07) is 21.4. The molecule has 2 N–H and O–H groups in total. The maximum Gasteiger partial charge on any atom is 0.254 e. The Morgan fingerprint density at radius 1 is 0.881 bits per heavy atom. The van der Waals surface area contributed by atoms with Crippen LogP contribution >= 0.6 is 23.2 Å². The largest absolute Gasteiger partial charge is 0.331 e. The predicted molar refractivity (Wildman–Crippen MR) is 170 cm³/mol. The number of ketones is 1. The SMILES string of the molecule is Cc1cc(C)cc(C(=O)N2CCN(C)C(C(=O)CN)(c3ccc(Cl)c(Cl)c3)C2C2CCN(Cc3ccccc3)CC2)c1. The van der Waals surface area contributed by atoms with Gasteiger partial charge in [-0.2, -0.15) is 0 Å². The molecular formula is C34H40Cl2N4O2. The summed E-state index contributed by atoms with van der Waals surface area (Å²) in [5, 5.41) is 0.795. The number of benzene rings is 3. The van der Waals surface area contributed by atoms with Crippen molar-refractivity contribution >= 4 is 34.9 Å². The van der Waals surface area contributed by atoms with E-state index in [2.05, 4.69) is 40.1 Å². The van der Waals surface area contributed by atoms with E-state index in [4.69, 9.17) is 28.9 Å². The molecule has 6 nitrogen and oxygen atoms in total. The summed E-state index contributed by atoms with van der Waals surface area (Å²) in [5.41, 5.74) is 9.74. The zero-order valence-corrected chi connectivity index (χ0v) is 26.2. The van der Waals surface area contributed by atoms with Gasteiger partial charge in [0.05, 0.1) is 22.6 Å². The Bertz CT molecular complexity index is 1420. The number of likely N-dealkylation sites (tertiary alicyclic amines) is 1. The number of carbonyl (C=O) groups is 2. The van der Waals surface area contributed by atoms with Crippen LogP contribution in [0.2, 0.25) is 10.0 Å². The molecule has 42 heavy (non-hydrogen) atoms. The highest BCUT2D eigenvalue weighted by Gasteiger charge is 2.58. The van der Waals surface area contributed by atoms with Crippen molar-refractivity contribution in [3.8, 4) is 0 Å². The minimum atomic E-state index is -1.16. The number of likely N-dealkylation sites (N-methyl/N-ethyl adjacent to an activating group) is 1. The Morgan fingerprint density at radius 2 is 1.55 bits per heavy atom. The van der Waals surface area contributed by atoms with Crippen LogP contribution in [0.4, 0.5) is 0 Å². The van der Waals surface area contributed by atoms with Crippen molar-refractivity contribution in [2.45, 2.75) is 44.8 Å². The first kappa shape index (κ1) is 30.7. The van der Waals surface area contributed by atoms with Crippen LogP contribution in [0.5, 0.6) is 0 Å². The Morgan fingerprint density at radius 3 is 2.17 bits per heavy atom. The first-order valence-corrected chi connectivity index (χ1v) is 15.5. The van der Waals surface area contributed by atoms with Crippen LogP contribution in [-0.4, -0.2) is 72.2 Å². The minimum Gasteiger partial charge on any atom is -0.331 e. The molecule has 8 heteroatoms. The molecule has 0 aliphatic carbocycles. The quantitative estimate of drug-likeness (QED) is 0.373. The maximum absolute atomic E-state index is 14.4. The van der Waals surface area contributed by atoms with Gasteiger partial charge in [0.2, 0.25) is 0 Å². The average molecular weight is 608 g/mol. The highest BCUT2D eigenvalue weighted by molar-refractivity contribution is 6.42. The number of amides is 1. The number of hydrogen-bond acceptors (Lipinski definition) is 5. The third-order valence-corrected chi connectivity index (χ3v) is 9.81. The smallest absolute Gasteiger partial charge is 0.254 e. The molecule has 2 unspecified atom stereocenters. The Hall–Kier alpha value is -2.74. The van der Waals surface area contributed by atoms with Gasteiger partial charge in [0, 0.05) is 25.2 Å². The lowest BCUT2D eigenvalue weighted by molar-refractivity contribution is -0.143. The molecule has 2 fully saturated rings. The second-order valence-corrected chi connectivity index (χ2v) is 12.7. The van der Waals surface area contributed by atoms with E-state index in [-0.39, 0.29) is 24.2 Å². The lowest BCUT2D eigenvalue weighted by atomic mass is 9.68. The van der Waals surface area contributed by atoms with Gasteiger partial charge >= 0.3 is 0 Å². The number of piperidine rings is 1. The summed E-state index contributed by atoms with van der Waals surface area (Å²) < 4.78 is 0. The molecule has 3 aromatic carbocycles.